The van der Waals surface area contributed by atoms with Crippen LogP contribution in [-0.4, -0.2) is 110 Å². The summed E-state index contributed by atoms with van der Waals surface area (Å²) in [6.07, 6.45) is -6.88. The van der Waals surface area contributed by atoms with Crippen molar-refractivity contribution in [3.8, 4) is 0 Å². The molecule has 15 nitrogen and oxygen atoms in total. The highest BCUT2D eigenvalue weighted by Crippen LogP contribution is 2.39. The molecule has 16 heteroatoms. The molecule has 0 unspecified atom stereocenters. The molecule has 0 bridgehead atoms. The van der Waals surface area contributed by atoms with Crippen LogP contribution in [-0.2, 0) is 61.9 Å². The molecule has 0 saturated carbocycles. The summed E-state index contributed by atoms with van der Waals surface area (Å²) in [7, 11) is 1.17. The van der Waals surface area contributed by atoms with Gasteiger partial charge in [-0.25, -0.2) is 4.79 Å². The Hall–Kier alpha value is -3.73. The molecule has 2 aliphatic heterocycles. The largest absolute Gasteiger partial charge is 0.467 e. The third-order valence-electron chi connectivity index (χ3n) is 8.41. The number of thioether (sulfide) groups is 1. The molecule has 1 aromatic rings. The van der Waals surface area contributed by atoms with Crippen molar-refractivity contribution in [3.05, 3.63) is 35.9 Å². The van der Waals surface area contributed by atoms with Gasteiger partial charge in [0.15, 0.2) is 24.6 Å². The number of nitrogens with one attached hydrogen (secondary N) is 1. The molecule has 11 atom stereocenters. The first-order valence-electron chi connectivity index (χ1n) is 16.3. The van der Waals surface area contributed by atoms with Crippen molar-refractivity contribution in [2.75, 3.05) is 19.5 Å². The van der Waals surface area contributed by atoms with Crippen LogP contribution >= 0.6 is 11.8 Å². The molecule has 1 aromatic carbocycles. The van der Waals surface area contributed by atoms with Crippen LogP contribution in [0.25, 0.3) is 0 Å². The van der Waals surface area contributed by atoms with Crippen molar-refractivity contribution < 1.29 is 66.7 Å². The highest BCUT2D eigenvalue weighted by molar-refractivity contribution is 7.99. The Balaban J connectivity index is 2.00. The highest BCUT2D eigenvalue weighted by atomic mass is 32.2. The van der Waals surface area contributed by atoms with Crippen molar-refractivity contribution in [1.29, 1.82) is 0 Å². The van der Waals surface area contributed by atoms with Crippen LogP contribution in [0.3, 0.4) is 0 Å². The molecule has 1 amide bonds. The van der Waals surface area contributed by atoms with Gasteiger partial charge in [-0.05, 0) is 24.5 Å². The van der Waals surface area contributed by atoms with Crippen molar-refractivity contribution in [2.45, 2.75) is 109 Å². The first-order chi connectivity index (χ1) is 23.7. The second-order valence-corrected chi connectivity index (χ2v) is 13.2. The zero-order chi connectivity index (χ0) is 37.1. The fourth-order valence-electron chi connectivity index (χ4n) is 5.83. The molecule has 0 aromatic heterocycles. The van der Waals surface area contributed by atoms with Gasteiger partial charge in [0.25, 0.3) is 5.91 Å². The fraction of sp³-hybridized carbons (Fsp3) is 0.647. The van der Waals surface area contributed by atoms with Gasteiger partial charge >= 0.3 is 29.8 Å². The molecule has 0 radical (unpaired) electrons. The monoisotopic (exact) mass is 725 g/mol. The normalized spacial score (nSPS) is 29.8. The van der Waals surface area contributed by atoms with Crippen LogP contribution in [0, 0.1) is 11.8 Å². The molecule has 2 heterocycles. The molecular formula is C34H47NO14S. The van der Waals surface area contributed by atoms with E-state index in [1.807, 2.05) is 20.8 Å². The van der Waals surface area contributed by atoms with Crippen LogP contribution in [0.2, 0.25) is 0 Å². The number of hydrogen-bond acceptors (Lipinski definition) is 15. The van der Waals surface area contributed by atoms with Gasteiger partial charge in [-0.3, -0.25) is 24.0 Å². The summed E-state index contributed by atoms with van der Waals surface area (Å²) in [6.45, 7) is 10.2. The number of rotatable bonds is 14. The van der Waals surface area contributed by atoms with Gasteiger partial charge in [0.05, 0.1) is 13.2 Å². The number of amides is 1. The number of carbonyl (C=O) groups excluding carboxylic acids is 6. The van der Waals surface area contributed by atoms with E-state index in [-0.39, 0.29) is 30.3 Å². The Labute approximate surface area is 295 Å². The van der Waals surface area contributed by atoms with Gasteiger partial charge in [-0.15, -0.1) is 11.8 Å². The summed E-state index contributed by atoms with van der Waals surface area (Å²) in [5, 5.41) is 2.64. The Bertz CT molecular complexity index is 1340. The van der Waals surface area contributed by atoms with Crippen molar-refractivity contribution in [3.63, 3.8) is 0 Å². The average molecular weight is 726 g/mol. The predicted molar refractivity (Wildman–Crippen MR) is 176 cm³/mol. The third kappa shape index (κ3) is 11.1. The van der Waals surface area contributed by atoms with E-state index >= 15 is 0 Å². The minimum absolute atomic E-state index is 0.0207. The van der Waals surface area contributed by atoms with Gasteiger partial charge < -0.3 is 43.2 Å². The minimum atomic E-state index is -1.37. The molecule has 0 spiro atoms. The van der Waals surface area contributed by atoms with Crippen LogP contribution in [0.15, 0.2) is 30.3 Å². The highest BCUT2D eigenvalue weighted by Gasteiger charge is 2.54. The maximum atomic E-state index is 12.9. The topological polar surface area (TPSA) is 188 Å². The van der Waals surface area contributed by atoms with Gasteiger partial charge in [-0.1, -0.05) is 39.0 Å². The summed E-state index contributed by atoms with van der Waals surface area (Å²) in [6, 6.07) is 7.05. The van der Waals surface area contributed by atoms with Crippen molar-refractivity contribution >= 4 is 47.5 Å². The summed E-state index contributed by atoms with van der Waals surface area (Å²) in [5.74, 6) is -4.38. The van der Waals surface area contributed by atoms with Gasteiger partial charge in [0.1, 0.15) is 30.3 Å². The SMILES string of the molecule is CC[C@H]1O[C@H](O[C@H]2[C@H](OC(C)=O)[C@@H](OC(C)=O)[C@@H](SC[C@H](NC(=O)c3ccccc3)C(=O)OC)O[C@@H]2COC(C)=O)[C@H](OC(C)=O)[C@@H](C)[C@@H]1C. The third-order valence-corrected chi connectivity index (χ3v) is 9.64. The fourth-order valence-corrected chi connectivity index (χ4v) is 7.06. The molecule has 0 aliphatic carbocycles. The Morgan fingerprint density at radius 3 is 1.94 bits per heavy atom. The molecule has 50 heavy (non-hydrogen) atoms. The van der Waals surface area contributed by atoms with E-state index in [9.17, 15) is 28.8 Å². The van der Waals surface area contributed by atoms with Crippen molar-refractivity contribution in [2.24, 2.45) is 11.8 Å². The van der Waals surface area contributed by atoms with E-state index in [0.29, 0.717) is 12.0 Å². The van der Waals surface area contributed by atoms with E-state index in [2.05, 4.69) is 5.32 Å². The van der Waals surface area contributed by atoms with Crippen LogP contribution in [0.1, 0.15) is 65.2 Å². The average Bonchev–Trinajstić information content (AvgIpc) is 3.06. The van der Waals surface area contributed by atoms with E-state index in [4.69, 9.17) is 37.9 Å². The summed E-state index contributed by atoms with van der Waals surface area (Å²) in [5.41, 5.74) is -0.844. The zero-order valence-electron chi connectivity index (χ0n) is 29.5. The van der Waals surface area contributed by atoms with Crippen LogP contribution in [0.4, 0.5) is 0 Å². The van der Waals surface area contributed by atoms with Gasteiger partial charge in [-0.2, -0.15) is 0 Å². The maximum Gasteiger partial charge on any atom is 0.329 e. The Kier molecular flexibility index (Phi) is 15.5. The molecule has 2 saturated heterocycles. The van der Waals surface area contributed by atoms with Crippen LogP contribution < -0.4 is 5.32 Å². The summed E-state index contributed by atoms with van der Waals surface area (Å²) in [4.78, 5) is 74.8. The lowest BCUT2D eigenvalue weighted by Crippen LogP contribution is -2.64. The van der Waals surface area contributed by atoms with Crippen molar-refractivity contribution in [1.82, 2.24) is 5.32 Å². The summed E-state index contributed by atoms with van der Waals surface area (Å²) < 4.78 is 46.4. The lowest BCUT2D eigenvalue weighted by Gasteiger charge is -2.49. The molecule has 2 fully saturated rings. The number of ether oxygens (including phenoxy) is 8. The Morgan fingerprint density at radius 1 is 0.780 bits per heavy atom. The first kappa shape index (κ1) is 40.7. The number of hydrogen-bond donors (Lipinski definition) is 1. The van der Waals surface area contributed by atoms with E-state index in [0.717, 1.165) is 25.6 Å². The standard InChI is InChI=1S/C34H47NO14S/c1-9-25-17(2)18(3)27(44-20(5)37)33(47-25)49-28-26(15-43-19(4)36)48-34(30(46-22(7)39)29(28)45-21(6)38)50-16-24(32(41)42-8)35-31(40)23-13-11-10-12-14-23/h10-14,17-18,24-30,33-34H,9,15-16H2,1-8H3,(H,35,40)/t17-,18-,24-,25+,26+,27+,28+,29-,30+,33+,34+/m0/s1. The minimum Gasteiger partial charge on any atom is -0.467 e. The lowest BCUT2D eigenvalue weighted by atomic mass is 9.82. The lowest BCUT2D eigenvalue weighted by molar-refractivity contribution is -0.324. The summed E-state index contributed by atoms with van der Waals surface area (Å²) >= 11 is 0.964. The number of carbonyl (C=O) groups is 6. The predicted octanol–water partition coefficient (Wildman–Crippen LogP) is 2.57. The molecule has 278 valence electrons. The number of benzene rings is 1. The zero-order valence-corrected chi connectivity index (χ0v) is 30.3. The maximum absolute atomic E-state index is 12.9. The number of methoxy groups -OCH3 is 1. The Morgan fingerprint density at radius 2 is 1.38 bits per heavy atom. The van der Waals surface area contributed by atoms with Gasteiger partial charge in [0.2, 0.25) is 0 Å². The van der Waals surface area contributed by atoms with Gasteiger partial charge in [0, 0.05) is 44.9 Å². The van der Waals surface area contributed by atoms with Crippen LogP contribution in [0.5, 0.6) is 0 Å². The molecule has 2 aliphatic rings. The second kappa shape index (κ2) is 19.0. The number of esters is 5. The quantitative estimate of drug-likeness (QED) is 0.218. The molecular weight excluding hydrogens is 678 g/mol. The van der Waals surface area contributed by atoms with E-state index in [1.165, 1.54) is 21.0 Å². The molecule has 3 rings (SSSR count). The van der Waals surface area contributed by atoms with E-state index in [1.54, 1.807) is 30.3 Å². The smallest absolute Gasteiger partial charge is 0.329 e. The van der Waals surface area contributed by atoms with E-state index < -0.39 is 84.0 Å². The second-order valence-electron chi connectivity index (χ2n) is 12.1. The first-order valence-corrected chi connectivity index (χ1v) is 17.4. The molecule has 1 N–H and O–H groups in total.